The Morgan fingerprint density at radius 1 is 1.44 bits per heavy atom. The average molecular weight is 262 g/mol. The number of aromatic carboxylic acids is 1. The minimum atomic E-state index is -4.92. The third kappa shape index (κ3) is 2.06. The minimum Gasteiger partial charge on any atom is -0.475 e. The lowest BCUT2D eigenvalue weighted by atomic mass is 10.3. The van der Waals surface area contributed by atoms with E-state index in [4.69, 9.17) is 5.11 Å². The van der Waals surface area contributed by atoms with Gasteiger partial charge in [0.2, 0.25) is 11.7 Å². The van der Waals surface area contributed by atoms with E-state index < -0.39 is 29.5 Å². The predicted molar refractivity (Wildman–Crippen MR) is 48.7 cm³/mol. The number of hydrogen-bond acceptors (Lipinski definition) is 5. The molecule has 0 aromatic carbocycles. The van der Waals surface area contributed by atoms with Crippen LogP contribution >= 0.6 is 0 Å². The molecule has 0 aliphatic rings. The van der Waals surface area contributed by atoms with Gasteiger partial charge in [-0.1, -0.05) is 5.16 Å². The second-order valence-electron chi connectivity index (χ2n) is 3.32. The van der Waals surface area contributed by atoms with Gasteiger partial charge in [0.1, 0.15) is 5.76 Å². The summed E-state index contributed by atoms with van der Waals surface area (Å²) >= 11 is 0. The van der Waals surface area contributed by atoms with Crippen LogP contribution in [0.1, 0.15) is 22.0 Å². The Kier molecular flexibility index (Phi) is 2.60. The lowest BCUT2D eigenvalue weighted by molar-refractivity contribution is -0.141. The Morgan fingerprint density at radius 3 is 2.50 bits per heavy atom. The molecule has 0 saturated heterocycles. The molecule has 96 valence electrons. The molecule has 18 heavy (non-hydrogen) atoms. The van der Waals surface area contributed by atoms with Crippen LogP contribution in [-0.4, -0.2) is 21.2 Å². The standard InChI is InChI=1S/C9H5F3N2O4/c1-3-2-4(14-18-3)7-13-6(9(10,11)12)5(17-7)8(15)16/h2H,1H3,(H,15,16). The Bertz CT molecular complexity index is 599. The van der Waals surface area contributed by atoms with Gasteiger partial charge in [-0.05, 0) is 6.92 Å². The van der Waals surface area contributed by atoms with E-state index >= 15 is 0 Å². The Hall–Kier alpha value is -2.32. The zero-order chi connectivity index (χ0) is 13.5. The van der Waals surface area contributed by atoms with Crippen molar-refractivity contribution in [2.45, 2.75) is 13.1 Å². The molecule has 0 aliphatic heterocycles. The van der Waals surface area contributed by atoms with Crippen LogP contribution in [0.5, 0.6) is 0 Å². The third-order valence-electron chi connectivity index (χ3n) is 1.94. The maximum Gasteiger partial charge on any atom is 0.437 e. The molecule has 2 aromatic heterocycles. The topological polar surface area (TPSA) is 89.4 Å². The molecule has 0 amide bonds. The van der Waals surface area contributed by atoms with E-state index in [1.165, 1.54) is 13.0 Å². The molecule has 0 unspecified atom stereocenters. The first-order valence-corrected chi connectivity index (χ1v) is 4.54. The number of alkyl halides is 3. The number of oxazole rings is 1. The highest BCUT2D eigenvalue weighted by Crippen LogP contribution is 2.34. The molecule has 2 aromatic rings. The molecule has 0 bridgehead atoms. The number of hydrogen-bond donors (Lipinski definition) is 1. The largest absolute Gasteiger partial charge is 0.475 e. The first-order chi connectivity index (χ1) is 8.29. The van der Waals surface area contributed by atoms with Crippen LogP contribution in [0, 0.1) is 6.92 Å². The number of aromatic nitrogens is 2. The van der Waals surface area contributed by atoms with Crippen LogP contribution in [0.25, 0.3) is 11.6 Å². The van der Waals surface area contributed by atoms with E-state index in [1.54, 1.807) is 0 Å². The van der Waals surface area contributed by atoms with Gasteiger partial charge in [-0.15, -0.1) is 0 Å². The van der Waals surface area contributed by atoms with Crippen LogP contribution in [0.4, 0.5) is 13.2 Å². The Labute approximate surface area is 97.0 Å². The first kappa shape index (κ1) is 12.1. The van der Waals surface area contributed by atoms with E-state index in [0.29, 0.717) is 5.76 Å². The summed E-state index contributed by atoms with van der Waals surface area (Å²) in [6.45, 7) is 1.52. The quantitative estimate of drug-likeness (QED) is 0.893. The van der Waals surface area contributed by atoms with Gasteiger partial charge in [-0.25, -0.2) is 9.78 Å². The maximum atomic E-state index is 12.5. The predicted octanol–water partition coefficient (Wildman–Crippen LogP) is 2.36. The van der Waals surface area contributed by atoms with Crippen LogP contribution < -0.4 is 0 Å². The minimum absolute atomic E-state index is 0.106. The second kappa shape index (κ2) is 3.86. The summed E-state index contributed by atoms with van der Waals surface area (Å²) in [5.74, 6) is -3.37. The number of carboxylic acids is 1. The fourth-order valence-electron chi connectivity index (χ4n) is 1.23. The highest BCUT2D eigenvalue weighted by molar-refractivity contribution is 5.86. The second-order valence-corrected chi connectivity index (χ2v) is 3.32. The molecule has 2 rings (SSSR count). The maximum absolute atomic E-state index is 12.5. The van der Waals surface area contributed by atoms with E-state index in [0.717, 1.165) is 0 Å². The van der Waals surface area contributed by atoms with Crippen LogP contribution in [0.2, 0.25) is 0 Å². The lowest BCUT2D eigenvalue weighted by Gasteiger charge is -2.00. The van der Waals surface area contributed by atoms with Gasteiger partial charge in [0.25, 0.3) is 0 Å². The van der Waals surface area contributed by atoms with E-state index in [1.807, 2.05) is 0 Å². The molecule has 1 N–H and O–H groups in total. The van der Waals surface area contributed by atoms with Crippen LogP contribution in [-0.2, 0) is 6.18 Å². The molecule has 0 aliphatic carbocycles. The van der Waals surface area contributed by atoms with Gasteiger partial charge < -0.3 is 14.0 Å². The van der Waals surface area contributed by atoms with E-state index in [2.05, 4.69) is 19.1 Å². The number of halogens is 3. The van der Waals surface area contributed by atoms with Crippen molar-refractivity contribution in [1.82, 2.24) is 10.1 Å². The van der Waals surface area contributed by atoms with Gasteiger partial charge >= 0.3 is 12.1 Å². The number of rotatable bonds is 2. The van der Waals surface area contributed by atoms with Gasteiger partial charge in [0.05, 0.1) is 0 Å². The Morgan fingerprint density at radius 2 is 2.11 bits per heavy atom. The van der Waals surface area contributed by atoms with Gasteiger partial charge in [0, 0.05) is 6.07 Å². The summed E-state index contributed by atoms with van der Waals surface area (Å²) in [5.41, 5.74) is -1.71. The van der Waals surface area contributed by atoms with Crippen molar-refractivity contribution >= 4 is 5.97 Å². The van der Waals surface area contributed by atoms with Crippen molar-refractivity contribution in [3.63, 3.8) is 0 Å². The molecule has 0 radical (unpaired) electrons. The number of carboxylic acid groups (broad SMARTS) is 1. The van der Waals surface area contributed by atoms with Crippen molar-refractivity contribution in [2.24, 2.45) is 0 Å². The summed E-state index contributed by atoms with van der Waals surface area (Å²) in [6, 6.07) is 1.28. The fraction of sp³-hybridized carbons (Fsp3) is 0.222. The van der Waals surface area contributed by atoms with Crippen molar-refractivity contribution < 1.29 is 32.0 Å². The van der Waals surface area contributed by atoms with Crippen molar-refractivity contribution in [2.75, 3.05) is 0 Å². The smallest absolute Gasteiger partial charge is 0.437 e. The molecule has 2 heterocycles. The van der Waals surface area contributed by atoms with Gasteiger partial charge in [0.15, 0.2) is 11.4 Å². The zero-order valence-corrected chi connectivity index (χ0v) is 8.78. The van der Waals surface area contributed by atoms with E-state index in [9.17, 15) is 18.0 Å². The highest BCUT2D eigenvalue weighted by atomic mass is 19.4. The van der Waals surface area contributed by atoms with Crippen molar-refractivity contribution in [3.8, 4) is 11.6 Å². The SMILES string of the molecule is Cc1cc(-c2nc(C(F)(F)F)c(C(=O)O)o2)no1. The molecular formula is C9H5F3N2O4. The molecular weight excluding hydrogens is 257 g/mol. The molecule has 0 fully saturated rings. The summed E-state index contributed by atoms with van der Waals surface area (Å²) < 4.78 is 46.7. The Balaban J connectivity index is 2.56. The molecule has 6 nitrogen and oxygen atoms in total. The monoisotopic (exact) mass is 262 g/mol. The molecule has 0 atom stereocenters. The van der Waals surface area contributed by atoms with Gasteiger partial charge in [-0.2, -0.15) is 13.2 Å². The van der Waals surface area contributed by atoms with Gasteiger partial charge in [-0.3, -0.25) is 0 Å². The zero-order valence-electron chi connectivity index (χ0n) is 8.78. The summed E-state index contributed by atoms with van der Waals surface area (Å²) in [6.07, 6.45) is -4.92. The molecule has 0 saturated carbocycles. The third-order valence-corrected chi connectivity index (χ3v) is 1.94. The molecule has 0 spiro atoms. The molecule has 9 heteroatoms. The van der Waals surface area contributed by atoms with Crippen LogP contribution in [0.15, 0.2) is 15.0 Å². The number of carbonyl (C=O) groups is 1. The van der Waals surface area contributed by atoms with Crippen molar-refractivity contribution in [1.29, 1.82) is 0 Å². The summed E-state index contributed by atoms with van der Waals surface area (Å²) in [4.78, 5) is 13.7. The highest BCUT2D eigenvalue weighted by Gasteiger charge is 2.41. The summed E-state index contributed by atoms with van der Waals surface area (Å²) in [7, 11) is 0. The average Bonchev–Trinajstić information content (AvgIpc) is 2.81. The number of nitrogens with zero attached hydrogens (tertiary/aromatic N) is 2. The number of aryl methyl sites for hydroxylation is 1. The normalized spacial score (nSPS) is 11.8. The van der Waals surface area contributed by atoms with Crippen LogP contribution in [0.3, 0.4) is 0 Å². The van der Waals surface area contributed by atoms with Crippen molar-refractivity contribution in [3.05, 3.63) is 23.3 Å². The first-order valence-electron chi connectivity index (χ1n) is 4.54. The lowest BCUT2D eigenvalue weighted by Crippen LogP contribution is -2.11. The fourth-order valence-corrected chi connectivity index (χ4v) is 1.23. The summed E-state index contributed by atoms with van der Waals surface area (Å²) in [5, 5.41) is 12.0. The van der Waals surface area contributed by atoms with E-state index in [-0.39, 0.29) is 5.69 Å².